The number of carbonyl (C=O) groups excluding carboxylic acids is 2. The minimum Gasteiger partial charge on any atom is -0.463 e. The quantitative estimate of drug-likeness (QED) is 0.0445. The second kappa shape index (κ2) is 46.2. The lowest BCUT2D eigenvalue weighted by Gasteiger charge is -2.38. The van der Waals surface area contributed by atoms with Crippen LogP contribution in [0.4, 0.5) is 0 Å². The molecule has 0 heterocycles. The van der Waals surface area contributed by atoms with Gasteiger partial charge in [0.25, 0.3) is 0 Å². The van der Waals surface area contributed by atoms with Gasteiger partial charge < -0.3 is 43.4 Å². The maximum absolute atomic E-state index is 13.5. The molecule has 0 saturated carbocycles. The van der Waals surface area contributed by atoms with E-state index < -0.39 is 30.3 Å². The van der Waals surface area contributed by atoms with E-state index in [4.69, 9.17) is 33.2 Å². The molecule has 0 amide bonds. The highest BCUT2D eigenvalue weighted by atomic mass is 16.6. The van der Waals surface area contributed by atoms with E-state index >= 15 is 0 Å². The SMILES string of the molecule is CCOCCOCCOCCOCCOCCOC(=O)CCC(=O)OC(CCC(C)CCCC(C)CCCC(C)CCCC(C)C)(CCC(C)CCCC(C)CCCC(C)CCCC(C)C)C(O)CO. The van der Waals surface area contributed by atoms with Crippen LogP contribution in [0, 0.1) is 47.3 Å². The first-order valence-corrected chi connectivity index (χ1v) is 29.1. The number of carbonyl (C=O) groups is 2. The molecule has 0 aromatic rings. The van der Waals surface area contributed by atoms with Crippen LogP contribution in [0.5, 0.6) is 0 Å². The highest BCUT2D eigenvalue weighted by molar-refractivity contribution is 5.77. The fraction of sp³-hybridized carbons (Fsp3) is 0.966. The number of aliphatic hydroxyl groups is 2. The van der Waals surface area contributed by atoms with Crippen molar-refractivity contribution in [3.8, 4) is 0 Å². The fourth-order valence-electron chi connectivity index (χ4n) is 9.44. The Balaban J connectivity index is 5.09. The third kappa shape index (κ3) is 42.1. The Bertz CT molecular complexity index is 1120. The van der Waals surface area contributed by atoms with Crippen molar-refractivity contribution in [1.29, 1.82) is 0 Å². The second-order valence-electron chi connectivity index (χ2n) is 22.7. The molecule has 0 bridgehead atoms. The highest BCUT2D eigenvalue weighted by Crippen LogP contribution is 2.35. The lowest BCUT2D eigenvalue weighted by atomic mass is 9.80. The topological polar surface area (TPSA) is 139 Å². The van der Waals surface area contributed by atoms with E-state index in [0.717, 1.165) is 62.2 Å². The number of aliphatic hydroxyl groups excluding tert-OH is 2. The van der Waals surface area contributed by atoms with Crippen LogP contribution in [0.2, 0.25) is 0 Å². The standard InChI is InChI=1S/C59H116O11/c1-12-64-37-38-65-39-40-66-41-42-67-43-44-68-45-46-69-57(62)31-32-58(63)70-59(56(61)47-60,35-33-54(10)29-17-27-52(8)25-15-23-50(6)21-13-19-48(2)3)36-34-55(11)30-18-28-53(9)26-16-24-51(7)22-14-20-49(4)5/h48-56,60-61H,12-47H2,1-11H3. The molecule has 0 aliphatic rings. The van der Waals surface area contributed by atoms with Crippen molar-refractivity contribution < 1.29 is 53.0 Å². The van der Waals surface area contributed by atoms with Gasteiger partial charge in [0.05, 0.1) is 78.9 Å². The van der Waals surface area contributed by atoms with Crippen LogP contribution in [-0.4, -0.2) is 113 Å². The van der Waals surface area contributed by atoms with Crippen LogP contribution in [0.3, 0.4) is 0 Å². The predicted molar refractivity (Wildman–Crippen MR) is 288 cm³/mol. The molecule has 418 valence electrons. The van der Waals surface area contributed by atoms with Gasteiger partial charge in [-0.2, -0.15) is 0 Å². The van der Waals surface area contributed by atoms with E-state index in [-0.39, 0.29) is 26.1 Å². The van der Waals surface area contributed by atoms with Gasteiger partial charge in [0, 0.05) is 6.61 Å². The van der Waals surface area contributed by atoms with Crippen LogP contribution >= 0.6 is 0 Å². The smallest absolute Gasteiger partial charge is 0.307 e. The Hall–Kier alpha value is -1.34. The van der Waals surface area contributed by atoms with E-state index in [0.29, 0.717) is 96.0 Å². The summed E-state index contributed by atoms with van der Waals surface area (Å²) in [6.45, 7) is 29.6. The van der Waals surface area contributed by atoms with Gasteiger partial charge in [-0.15, -0.1) is 0 Å². The molecule has 0 aromatic heterocycles. The number of hydrogen-bond acceptors (Lipinski definition) is 11. The van der Waals surface area contributed by atoms with E-state index in [1.165, 1.54) is 89.9 Å². The van der Waals surface area contributed by atoms with Crippen LogP contribution in [0.25, 0.3) is 0 Å². The molecule has 11 nitrogen and oxygen atoms in total. The summed E-state index contributed by atoms with van der Waals surface area (Å²) in [7, 11) is 0. The van der Waals surface area contributed by atoms with Crippen molar-refractivity contribution in [2.45, 2.75) is 242 Å². The average molecular weight is 1000 g/mol. The molecule has 0 fully saturated rings. The van der Waals surface area contributed by atoms with Crippen molar-refractivity contribution in [2.75, 3.05) is 79.3 Å². The number of hydrogen-bond donors (Lipinski definition) is 2. The van der Waals surface area contributed by atoms with Gasteiger partial charge in [-0.25, -0.2) is 0 Å². The lowest BCUT2D eigenvalue weighted by molar-refractivity contribution is -0.183. The van der Waals surface area contributed by atoms with E-state index in [1.54, 1.807) is 0 Å². The summed E-state index contributed by atoms with van der Waals surface area (Å²) in [5.41, 5.74) is -1.23. The van der Waals surface area contributed by atoms with Gasteiger partial charge in [-0.05, 0) is 80.0 Å². The minimum absolute atomic E-state index is 0.0658. The van der Waals surface area contributed by atoms with Crippen LogP contribution in [0.1, 0.15) is 230 Å². The zero-order chi connectivity index (χ0) is 52.3. The summed E-state index contributed by atoms with van der Waals surface area (Å²) in [5.74, 6) is 4.29. The maximum atomic E-state index is 13.5. The van der Waals surface area contributed by atoms with Gasteiger partial charge in [-0.1, -0.05) is 185 Å². The summed E-state index contributed by atoms with van der Waals surface area (Å²) < 4.78 is 38.7. The zero-order valence-electron chi connectivity index (χ0n) is 47.7. The molecule has 7 atom stereocenters. The molecule has 7 unspecified atom stereocenters. The Morgan fingerprint density at radius 1 is 0.400 bits per heavy atom. The van der Waals surface area contributed by atoms with Gasteiger partial charge in [-0.3, -0.25) is 9.59 Å². The molecule has 0 spiro atoms. The van der Waals surface area contributed by atoms with E-state index in [1.807, 2.05) is 6.92 Å². The molecule has 11 heteroatoms. The molecular formula is C59H116O11. The lowest BCUT2D eigenvalue weighted by Crippen LogP contribution is -2.49. The Labute approximate surface area is 432 Å². The van der Waals surface area contributed by atoms with E-state index in [2.05, 4.69) is 69.2 Å². The zero-order valence-corrected chi connectivity index (χ0v) is 47.7. The molecule has 0 aliphatic carbocycles. The molecule has 2 N–H and O–H groups in total. The molecule has 0 aromatic carbocycles. The molecule has 0 aliphatic heterocycles. The maximum Gasteiger partial charge on any atom is 0.307 e. The molecule has 0 saturated heterocycles. The Morgan fingerprint density at radius 2 is 0.686 bits per heavy atom. The summed E-state index contributed by atoms with van der Waals surface area (Å²) >= 11 is 0. The molecule has 0 rings (SSSR count). The van der Waals surface area contributed by atoms with E-state index in [9.17, 15) is 19.8 Å². The summed E-state index contributed by atoms with van der Waals surface area (Å²) in [6, 6.07) is 0. The van der Waals surface area contributed by atoms with Crippen molar-refractivity contribution in [2.24, 2.45) is 47.3 Å². The number of esters is 2. The predicted octanol–water partition coefficient (Wildman–Crippen LogP) is 13.8. The molecular weight excluding hydrogens is 885 g/mol. The Morgan fingerprint density at radius 3 is 1.00 bits per heavy atom. The van der Waals surface area contributed by atoms with Gasteiger partial charge in [0.1, 0.15) is 18.3 Å². The monoisotopic (exact) mass is 1000 g/mol. The summed E-state index contributed by atoms with van der Waals surface area (Å²) in [6.07, 6.45) is 23.7. The average Bonchev–Trinajstić information content (AvgIpc) is 3.31. The Kier molecular flexibility index (Phi) is 45.3. The van der Waals surface area contributed by atoms with Crippen molar-refractivity contribution in [3.63, 3.8) is 0 Å². The van der Waals surface area contributed by atoms with Crippen molar-refractivity contribution >= 4 is 11.9 Å². The van der Waals surface area contributed by atoms with Gasteiger partial charge >= 0.3 is 11.9 Å². The van der Waals surface area contributed by atoms with Crippen LogP contribution < -0.4 is 0 Å². The first-order valence-electron chi connectivity index (χ1n) is 29.1. The van der Waals surface area contributed by atoms with Gasteiger partial charge in [0.2, 0.25) is 0 Å². The fourth-order valence-corrected chi connectivity index (χ4v) is 9.44. The first kappa shape index (κ1) is 68.7. The largest absolute Gasteiger partial charge is 0.463 e. The number of rotatable bonds is 52. The minimum atomic E-state index is -1.23. The first-order chi connectivity index (χ1) is 33.5. The summed E-state index contributed by atoms with van der Waals surface area (Å²) in [4.78, 5) is 26.2. The number of ether oxygens (including phenoxy) is 7. The summed E-state index contributed by atoms with van der Waals surface area (Å²) in [5, 5.41) is 21.9. The van der Waals surface area contributed by atoms with Crippen LogP contribution in [-0.2, 0) is 42.7 Å². The van der Waals surface area contributed by atoms with Crippen LogP contribution in [0.15, 0.2) is 0 Å². The third-order valence-corrected chi connectivity index (χ3v) is 14.5. The van der Waals surface area contributed by atoms with Crippen molar-refractivity contribution in [3.05, 3.63) is 0 Å². The molecule has 70 heavy (non-hydrogen) atoms. The normalized spacial score (nSPS) is 15.9. The van der Waals surface area contributed by atoms with Gasteiger partial charge in [0.15, 0.2) is 0 Å². The molecule has 0 radical (unpaired) electrons. The highest BCUT2D eigenvalue weighted by Gasteiger charge is 2.41. The second-order valence-corrected chi connectivity index (χ2v) is 22.7. The third-order valence-electron chi connectivity index (χ3n) is 14.5. The van der Waals surface area contributed by atoms with Crippen molar-refractivity contribution in [1.82, 2.24) is 0 Å².